The lowest BCUT2D eigenvalue weighted by atomic mass is 9.91. The van der Waals surface area contributed by atoms with Crippen LogP contribution in [0.4, 0.5) is 11.4 Å². The van der Waals surface area contributed by atoms with Crippen molar-refractivity contribution in [1.82, 2.24) is 0 Å². The Bertz CT molecular complexity index is 918. The molecule has 0 N–H and O–H groups in total. The third-order valence-electron chi connectivity index (χ3n) is 5.11. The molecule has 0 spiro atoms. The van der Waals surface area contributed by atoms with E-state index in [1.807, 2.05) is 0 Å². The highest BCUT2D eigenvalue weighted by atomic mass is 15.3. The molecule has 0 atom stereocenters. The lowest BCUT2D eigenvalue weighted by molar-refractivity contribution is 0.501. The van der Waals surface area contributed by atoms with E-state index in [4.69, 9.17) is 0 Å². The van der Waals surface area contributed by atoms with E-state index in [1.165, 1.54) is 38.5 Å². The normalized spacial score (nSPS) is 14.8. The monoisotopic (exact) mass is 304 g/mol. The van der Waals surface area contributed by atoms with Crippen molar-refractivity contribution in [3.05, 3.63) is 48.0 Å². The van der Waals surface area contributed by atoms with Crippen molar-refractivity contribution in [3.8, 4) is 0 Å². The maximum atomic E-state index is 2.51. The van der Waals surface area contributed by atoms with Crippen molar-refractivity contribution in [2.45, 2.75) is 33.2 Å². The van der Waals surface area contributed by atoms with Gasteiger partial charge in [0, 0.05) is 29.0 Å². The fourth-order valence-electron chi connectivity index (χ4n) is 3.95. The lowest BCUT2D eigenvalue weighted by Crippen LogP contribution is -2.49. The molecule has 1 aliphatic rings. The van der Waals surface area contributed by atoms with Gasteiger partial charge in [-0.1, -0.05) is 36.4 Å². The fraction of sp³-hybridized carbons (Fsp3) is 0.333. The second-order valence-electron chi connectivity index (χ2n) is 7.66. The molecule has 2 nitrogen and oxygen atoms in total. The molecule has 0 saturated heterocycles. The molecule has 0 saturated carbocycles. The van der Waals surface area contributed by atoms with Crippen LogP contribution in [0.3, 0.4) is 0 Å². The van der Waals surface area contributed by atoms with Crippen LogP contribution in [0.1, 0.15) is 26.3 Å². The summed E-state index contributed by atoms with van der Waals surface area (Å²) in [7, 11) is 2.21. The van der Waals surface area contributed by atoms with E-state index in [9.17, 15) is 0 Å². The third kappa shape index (κ3) is 1.94. The number of nitrogens with zero attached hydrogens (tertiary/aromatic N) is 2. The number of hydrogen-bond acceptors (Lipinski definition) is 2. The predicted molar refractivity (Wildman–Crippen MR) is 102 cm³/mol. The van der Waals surface area contributed by atoms with E-state index in [2.05, 4.69) is 87.0 Å². The van der Waals surface area contributed by atoms with Crippen LogP contribution in [0, 0.1) is 6.92 Å². The number of fused-ring (bicyclic) bond motifs is 2. The maximum Gasteiger partial charge on any atom is 0.0905 e. The minimum Gasteiger partial charge on any atom is -0.356 e. The maximum absolute atomic E-state index is 2.51. The zero-order chi connectivity index (χ0) is 16.4. The third-order valence-corrected chi connectivity index (χ3v) is 5.11. The van der Waals surface area contributed by atoms with E-state index >= 15 is 0 Å². The number of aryl methyl sites for hydroxylation is 1. The molecule has 2 heteroatoms. The summed E-state index contributed by atoms with van der Waals surface area (Å²) in [4.78, 5) is 4.92. The Morgan fingerprint density at radius 3 is 2.22 bits per heavy atom. The first-order valence-electron chi connectivity index (χ1n) is 8.32. The van der Waals surface area contributed by atoms with Crippen LogP contribution >= 0.6 is 0 Å². The highest BCUT2D eigenvalue weighted by Gasteiger charge is 2.31. The van der Waals surface area contributed by atoms with Gasteiger partial charge in [-0.2, -0.15) is 0 Å². The van der Waals surface area contributed by atoms with Gasteiger partial charge < -0.3 is 9.80 Å². The van der Waals surface area contributed by atoms with Crippen LogP contribution in [0.25, 0.3) is 21.5 Å². The largest absolute Gasteiger partial charge is 0.356 e. The van der Waals surface area contributed by atoms with Crippen molar-refractivity contribution in [3.63, 3.8) is 0 Å². The molecular weight excluding hydrogens is 280 g/mol. The summed E-state index contributed by atoms with van der Waals surface area (Å²) in [5.41, 5.74) is 4.21. The average Bonchev–Trinajstić information content (AvgIpc) is 2.52. The van der Waals surface area contributed by atoms with Crippen molar-refractivity contribution in [2.75, 3.05) is 23.5 Å². The number of benzene rings is 3. The summed E-state index contributed by atoms with van der Waals surface area (Å²) in [6.45, 7) is 10.0. The van der Waals surface area contributed by atoms with Gasteiger partial charge in [0.1, 0.15) is 0 Å². The van der Waals surface area contributed by atoms with Crippen LogP contribution in [-0.4, -0.2) is 19.3 Å². The average molecular weight is 304 g/mol. The van der Waals surface area contributed by atoms with E-state index in [0.717, 1.165) is 6.67 Å². The molecular formula is C21H24N2. The smallest absolute Gasteiger partial charge is 0.0905 e. The molecule has 23 heavy (non-hydrogen) atoms. The van der Waals surface area contributed by atoms with Crippen molar-refractivity contribution in [2.24, 2.45) is 0 Å². The summed E-state index contributed by atoms with van der Waals surface area (Å²) < 4.78 is 0. The van der Waals surface area contributed by atoms with Crippen LogP contribution in [0.2, 0.25) is 0 Å². The van der Waals surface area contributed by atoms with E-state index in [-0.39, 0.29) is 5.54 Å². The summed E-state index contributed by atoms with van der Waals surface area (Å²) in [5.74, 6) is 0. The van der Waals surface area contributed by atoms with Gasteiger partial charge in [0.2, 0.25) is 0 Å². The Kier molecular flexibility index (Phi) is 2.90. The van der Waals surface area contributed by atoms with Gasteiger partial charge in [0.05, 0.1) is 12.4 Å². The molecule has 4 rings (SSSR count). The van der Waals surface area contributed by atoms with E-state index < -0.39 is 0 Å². The number of anilines is 2. The van der Waals surface area contributed by atoms with Gasteiger partial charge in [0.25, 0.3) is 0 Å². The molecule has 0 radical (unpaired) electrons. The van der Waals surface area contributed by atoms with Crippen molar-refractivity contribution >= 4 is 32.9 Å². The quantitative estimate of drug-likeness (QED) is 0.519. The predicted octanol–water partition coefficient (Wildman–Crippen LogP) is 5.31. The SMILES string of the molecule is Cc1c2ccccc2c2c3c(cccc13)N(C(C)(C)C)CN2C. The van der Waals surface area contributed by atoms with Crippen molar-refractivity contribution in [1.29, 1.82) is 0 Å². The summed E-state index contributed by atoms with van der Waals surface area (Å²) in [6, 6.07) is 15.5. The molecule has 0 bridgehead atoms. The first-order valence-corrected chi connectivity index (χ1v) is 8.32. The van der Waals surface area contributed by atoms with Gasteiger partial charge >= 0.3 is 0 Å². The first kappa shape index (κ1) is 14.4. The van der Waals surface area contributed by atoms with Gasteiger partial charge in [-0.05, 0) is 50.1 Å². The van der Waals surface area contributed by atoms with Gasteiger partial charge in [0.15, 0.2) is 0 Å². The van der Waals surface area contributed by atoms with Crippen LogP contribution in [0.5, 0.6) is 0 Å². The summed E-state index contributed by atoms with van der Waals surface area (Å²) in [5, 5.41) is 5.49. The summed E-state index contributed by atoms with van der Waals surface area (Å²) in [6.07, 6.45) is 0. The Morgan fingerprint density at radius 2 is 1.52 bits per heavy atom. The topological polar surface area (TPSA) is 6.48 Å². The Hall–Kier alpha value is -2.22. The Labute approximate surface area is 138 Å². The Balaban J connectivity index is 2.22. The standard InChI is InChI=1S/C21H24N2/c1-14-15-9-6-7-10-17(15)20-19-16(14)11-8-12-18(19)23(13-22(20)5)21(2,3)4/h6-12H,13H2,1-5H3. The Morgan fingerprint density at radius 1 is 0.870 bits per heavy atom. The molecule has 0 amide bonds. The van der Waals surface area contributed by atoms with Gasteiger partial charge in [-0.3, -0.25) is 0 Å². The molecule has 0 aliphatic carbocycles. The zero-order valence-electron chi connectivity index (χ0n) is 14.6. The second kappa shape index (κ2) is 4.64. The van der Waals surface area contributed by atoms with E-state index in [1.54, 1.807) is 0 Å². The van der Waals surface area contributed by atoms with Gasteiger partial charge in [-0.15, -0.1) is 0 Å². The van der Waals surface area contributed by atoms with Crippen LogP contribution in [0.15, 0.2) is 42.5 Å². The highest BCUT2D eigenvalue weighted by molar-refractivity contribution is 6.18. The highest BCUT2D eigenvalue weighted by Crippen LogP contribution is 2.46. The van der Waals surface area contributed by atoms with Crippen LogP contribution in [-0.2, 0) is 0 Å². The molecule has 118 valence electrons. The number of rotatable bonds is 0. The molecule has 0 unspecified atom stereocenters. The first-order chi connectivity index (χ1) is 10.9. The zero-order valence-corrected chi connectivity index (χ0v) is 14.6. The molecule has 0 aromatic heterocycles. The van der Waals surface area contributed by atoms with Gasteiger partial charge in [-0.25, -0.2) is 0 Å². The lowest BCUT2D eigenvalue weighted by Gasteiger charge is -2.45. The summed E-state index contributed by atoms with van der Waals surface area (Å²) >= 11 is 0. The van der Waals surface area contributed by atoms with Crippen molar-refractivity contribution < 1.29 is 0 Å². The molecule has 3 aromatic rings. The van der Waals surface area contributed by atoms with E-state index in [0.29, 0.717) is 0 Å². The number of hydrogen-bond donors (Lipinski definition) is 0. The molecule has 1 heterocycles. The molecule has 0 fully saturated rings. The molecule has 1 aliphatic heterocycles. The minimum absolute atomic E-state index is 0.0970. The minimum atomic E-state index is 0.0970. The second-order valence-corrected chi connectivity index (χ2v) is 7.66. The fourth-order valence-corrected chi connectivity index (χ4v) is 3.95. The van der Waals surface area contributed by atoms with Crippen LogP contribution < -0.4 is 9.80 Å². The molecule has 3 aromatic carbocycles.